The molecule has 8 nitrogen and oxygen atoms in total. The van der Waals surface area contributed by atoms with E-state index in [2.05, 4.69) is 0 Å². The molecule has 0 spiro atoms. The van der Waals surface area contributed by atoms with Gasteiger partial charge in [-0.15, -0.1) is 0 Å². The number of nitro benzene ring substituents is 1. The van der Waals surface area contributed by atoms with Crippen molar-refractivity contribution in [2.75, 3.05) is 7.11 Å². The van der Waals surface area contributed by atoms with Crippen molar-refractivity contribution in [2.24, 2.45) is 0 Å². The molecule has 28 heavy (non-hydrogen) atoms. The molecular weight excluding hydrogens is 384 g/mol. The number of hydrogen-bond acceptors (Lipinski definition) is 7. The van der Waals surface area contributed by atoms with Crippen LogP contribution in [-0.4, -0.2) is 33.2 Å². The molecule has 0 aliphatic carbocycles. The number of ether oxygens (including phenoxy) is 1. The van der Waals surface area contributed by atoms with E-state index < -0.39 is 27.5 Å². The van der Waals surface area contributed by atoms with E-state index in [0.29, 0.717) is 0 Å². The third kappa shape index (κ3) is 3.84. The molecule has 1 fully saturated rings. The number of phenols is 1. The maximum atomic E-state index is 12.7. The molecule has 0 unspecified atom stereocenters. The summed E-state index contributed by atoms with van der Waals surface area (Å²) in [6, 6.07) is 9.96. The monoisotopic (exact) mass is 400 g/mol. The van der Waals surface area contributed by atoms with Gasteiger partial charge in [-0.1, -0.05) is 29.8 Å². The molecule has 9 heteroatoms. The van der Waals surface area contributed by atoms with Crippen molar-refractivity contribution in [2.45, 2.75) is 13.5 Å². The zero-order valence-corrected chi connectivity index (χ0v) is 15.9. The van der Waals surface area contributed by atoms with E-state index in [1.165, 1.54) is 19.3 Å². The summed E-state index contributed by atoms with van der Waals surface area (Å²) in [5.74, 6) is -1.18. The van der Waals surface area contributed by atoms with Gasteiger partial charge in [0, 0.05) is 6.07 Å². The number of aryl methyl sites for hydroxylation is 1. The summed E-state index contributed by atoms with van der Waals surface area (Å²) in [5.41, 5.74) is 1.56. The Labute approximate surface area is 164 Å². The molecule has 2 aromatic rings. The summed E-state index contributed by atoms with van der Waals surface area (Å²) >= 11 is 0.757. The van der Waals surface area contributed by atoms with Gasteiger partial charge in [0.1, 0.15) is 0 Å². The van der Waals surface area contributed by atoms with Crippen LogP contribution in [-0.2, 0) is 11.3 Å². The first-order valence-corrected chi connectivity index (χ1v) is 8.98. The number of phenolic OH excluding ortho intramolecular Hbond substituents is 1. The molecule has 1 saturated heterocycles. The first-order chi connectivity index (χ1) is 13.3. The molecular formula is C19H16N2O6S. The van der Waals surface area contributed by atoms with Gasteiger partial charge in [0.25, 0.3) is 11.1 Å². The summed E-state index contributed by atoms with van der Waals surface area (Å²) in [6.45, 7) is 2.06. The maximum absolute atomic E-state index is 12.7. The predicted molar refractivity (Wildman–Crippen MR) is 104 cm³/mol. The smallest absolute Gasteiger partial charge is 0.315 e. The SMILES string of the molecule is COc1cc(/C=C2/SC(=O)N(Cc3cccc(C)c3)C2=O)cc([N+](=O)[O-])c1O. The third-order valence-corrected chi connectivity index (χ3v) is 5.00. The van der Waals surface area contributed by atoms with Gasteiger partial charge in [0.15, 0.2) is 5.75 Å². The zero-order valence-electron chi connectivity index (χ0n) is 15.0. The number of nitro groups is 1. The van der Waals surface area contributed by atoms with Crippen molar-refractivity contribution in [1.29, 1.82) is 0 Å². The fourth-order valence-corrected chi connectivity index (χ4v) is 3.61. The average Bonchev–Trinajstić information content (AvgIpc) is 2.90. The number of imide groups is 1. The Balaban J connectivity index is 1.91. The number of aromatic hydroxyl groups is 1. The lowest BCUT2D eigenvalue weighted by molar-refractivity contribution is -0.386. The minimum atomic E-state index is -0.751. The van der Waals surface area contributed by atoms with Crippen LogP contribution in [0.4, 0.5) is 10.5 Å². The number of thioether (sulfide) groups is 1. The second kappa shape index (κ2) is 7.73. The van der Waals surface area contributed by atoms with Crippen LogP contribution >= 0.6 is 11.8 Å². The van der Waals surface area contributed by atoms with E-state index >= 15 is 0 Å². The van der Waals surface area contributed by atoms with E-state index in [4.69, 9.17) is 4.74 Å². The van der Waals surface area contributed by atoms with E-state index in [9.17, 15) is 24.8 Å². The van der Waals surface area contributed by atoms with Crippen LogP contribution < -0.4 is 4.74 Å². The van der Waals surface area contributed by atoms with Gasteiger partial charge in [-0.3, -0.25) is 24.6 Å². The standard InChI is InChI=1S/C19H16N2O6S/c1-11-4-3-5-12(6-11)10-20-18(23)16(28-19(20)24)9-13-7-14(21(25)26)17(22)15(8-13)27-2/h3-9,22H,10H2,1-2H3/b16-9+. The van der Waals surface area contributed by atoms with Crippen LogP contribution in [0.25, 0.3) is 6.08 Å². The zero-order chi connectivity index (χ0) is 20.4. The van der Waals surface area contributed by atoms with Gasteiger partial charge in [0.2, 0.25) is 5.75 Å². The molecule has 0 aromatic heterocycles. The Morgan fingerprint density at radius 3 is 2.68 bits per heavy atom. The van der Waals surface area contributed by atoms with Crippen molar-refractivity contribution in [1.82, 2.24) is 4.90 Å². The molecule has 3 rings (SSSR count). The molecule has 1 aliphatic heterocycles. The summed E-state index contributed by atoms with van der Waals surface area (Å²) in [5, 5.41) is 20.5. The first-order valence-electron chi connectivity index (χ1n) is 8.16. The number of nitrogens with zero attached hydrogens (tertiary/aromatic N) is 2. The van der Waals surface area contributed by atoms with E-state index in [1.54, 1.807) is 0 Å². The first kappa shape index (κ1) is 19.4. The molecule has 0 bridgehead atoms. The van der Waals surface area contributed by atoms with E-state index in [-0.39, 0.29) is 22.8 Å². The Hall–Kier alpha value is -3.33. The highest BCUT2D eigenvalue weighted by molar-refractivity contribution is 8.18. The summed E-state index contributed by atoms with van der Waals surface area (Å²) in [4.78, 5) is 36.6. The predicted octanol–water partition coefficient (Wildman–Crippen LogP) is 3.85. The van der Waals surface area contributed by atoms with Gasteiger partial charge in [-0.05, 0) is 42.0 Å². The van der Waals surface area contributed by atoms with Gasteiger partial charge < -0.3 is 9.84 Å². The molecule has 1 aliphatic rings. The number of carbonyl (C=O) groups is 2. The van der Waals surface area contributed by atoms with Gasteiger partial charge >= 0.3 is 5.69 Å². The molecule has 1 N–H and O–H groups in total. The van der Waals surface area contributed by atoms with Crippen molar-refractivity contribution < 1.29 is 24.4 Å². The molecule has 2 aromatic carbocycles. The van der Waals surface area contributed by atoms with E-state index in [1.807, 2.05) is 31.2 Å². The topological polar surface area (TPSA) is 110 Å². The summed E-state index contributed by atoms with van der Waals surface area (Å²) < 4.78 is 4.95. The number of rotatable bonds is 5. The number of hydrogen-bond donors (Lipinski definition) is 1. The highest BCUT2D eigenvalue weighted by Crippen LogP contribution is 2.39. The van der Waals surface area contributed by atoms with Crippen LogP contribution in [0.1, 0.15) is 16.7 Å². The van der Waals surface area contributed by atoms with Crippen molar-refractivity contribution in [3.63, 3.8) is 0 Å². The normalized spacial score (nSPS) is 15.4. The summed E-state index contributed by atoms with van der Waals surface area (Å²) in [6.07, 6.45) is 1.37. The lowest BCUT2D eigenvalue weighted by Crippen LogP contribution is -2.27. The highest BCUT2D eigenvalue weighted by atomic mass is 32.2. The average molecular weight is 400 g/mol. The lowest BCUT2D eigenvalue weighted by Gasteiger charge is -2.12. The van der Waals surface area contributed by atoms with Gasteiger partial charge in [-0.25, -0.2) is 0 Å². The van der Waals surface area contributed by atoms with Gasteiger partial charge in [0.05, 0.1) is 23.5 Å². The quantitative estimate of drug-likeness (QED) is 0.461. The fourth-order valence-electron chi connectivity index (χ4n) is 2.77. The molecule has 0 saturated carbocycles. The molecule has 1 heterocycles. The molecule has 144 valence electrons. The third-order valence-electron chi connectivity index (χ3n) is 4.09. The number of benzene rings is 2. The van der Waals surface area contributed by atoms with Gasteiger partial charge in [-0.2, -0.15) is 0 Å². The largest absolute Gasteiger partial charge is 0.500 e. The number of amides is 2. The Kier molecular flexibility index (Phi) is 5.36. The minimum absolute atomic E-state index is 0.0977. The Morgan fingerprint density at radius 1 is 1.29 bits per heavy atom. The van der Waals surface area contributed by atoms with Crippen LogP contribution in [0.15, 0.2) is 41.3 Å². The van der Waals surface area contributed by atoms with Crippen LogP contribution in [0, 0.1) is 17.0 Å². The fraction of sp³-hybridized carbons (Fsp3) is 0.158. The van der Waals surface area contributed by atoms with Crippen LogP contribution in [0.5, 0.6) is 11.5 Å². The Bertz CT molecular complexity index is 1020. The number of carbonyl (C=O) groups excluding carboxylic acids is 2. The second-order valence-corrected chi connectivity index (χ2v) is 7.10. The van der Waals surface area contributed by atoms with Crippen molar-refractivity contribution in [3.05, 3.63) is 68.1 Å². The van der Waals surface area contributed by atoms with Crippen LogP contribution in [0.3, 0.4) is 0 Å². The van der Waals surface area contributed by atoms with Crippen molar-refractivity contribution >= 4 is 34.7 Å². The number of methoxy groups -OCH3 is 1. The second-order valence-electron chi connectivity index (χ2n) is 6.10. The van der Waals surface area contributed by atoms with Crippen LogP contribution in [0.2, 0.25) is 0 Å². The Morgan fingerprint density at radius 2 is 2.04 bits per heavy atom. The minimum Gasteiger partial charge on any atom is -0.500 e. The molecule has 0 atom stereocenters. The maximum Gasteiger partial charge on any atom is 0.315 e. The highest BCUT2D eigenvalue weighted by Gasteiger charge is 2.35. The lowest BCUT2D eigenvalue weighted by atomic mass is 10.1. The molecule has 0 radical (unpaired) electrons. The van der Waals surface area contributed by atoms with Crippen molar-refractivity contribution in [3.8, 4) is 11.5 Å². The molecule has 2 amide bonds. The van der Waals surface area contributed by atoms with E-state index in [0.717, 1.165) is 33.9 Å². The summed E-state index contributed by atoms with van der Waals surface area (Å²) in [7, 11) is 1.26.